The maximum Gasteiger partial charge on any atom is 0.339 e. The second-order valence-electron chi connectivity index (χ2n) is 5.64. The largest absolute Gasteiger partial charge is 0.463 e. The van der Waals surface area contributed by atoms with Gasteiger partial charge in [-0.15, -0.1) is 0 Å². The molecule has 0 spiro atoms. The van der Waals surface area contributed by atoms with Gasteiger partial charge in [0.15, 0.2) is 0 Å². The summed E-state index contributed by atoms with van der Waals surface area (Å²) in [6.07, 6.45) is 0. The molecule has 0 radical (unpaired) electrons. The summed E-state index contributed by atoms with van der Waals surface area (Å²) in [5.41, 5.74) is 0.533. The molecular weight excluding hydrogens is 372 g/mol. The van der Waals surface area contributed by atoms with Crippen molar-refractivity contribution in [1.82, 2.24) is 10.6 Å². The second-order valence-corrected chi connectivity index (χ2v) is 7.35. The van der Waals surface area contributed by atoms with Crippen molar-refractivity contribution in [2.45, 2.75) is 31.7 Å². The number of carbonyl (C=O) groups excluding carboxylic acids is 3. The maximum absolute atomic E-state index is 12.5. The van der Waals surface area contributed by atoms with E-state index in [0.29, 0.717) is 10.6 Å². The van der Waals surface area contributed by atoms with Gasteiger partial charge in [-0.2, -0.15) is 0 Å². The molecule has 146 valence electrons. The van der Waals surface area contributed by atoms with Gasteiger partial charge in [-0.05, 0) is 26.0 Å². The topological polar surface area (TPSA) is 111 Å². The molecule has 1 aromatic rings. The first kappa shape index (κ1) is 20.6. The van der Waals surface area contributed by atoms with Crippen LogP contribution in [0.2, 0.25) is 0 Å². The van der Waals surface area contributed by atoms with E-state index in [-0.39, 0.29) is 30.0 Å². The lowest BCUT2D eigenvalue weighted by Crippen LogP contribution is -2.50. The maximum atomic E-state index is 12.5. The Morgan fingerprint density at radius 1 is 1.15 bits per heavy atom. The van der Waals surface area contributed by atoms with Crippen LogP contribution >= 0.6 is 0 Å². The standard InChI is InChI=1S/C18H22N2O6S/c1-4-25-17(22)15-11(3)19-18(23)20-13(15)10-26-16(21)12-8-6-7-9-14(12)27(24)5-2/h6-9,11H,4-5,10H2,1-3H3,(H2,19,20,23)/t11-,27+/m1/s1. The highest BCUT2D eigenvalue weighted by atomic mass is 32.2. The van der Waals surface area contributed by atoms with Crippen LogP contribution in [0.15, 0.2) is 40.4 Å². The Morgan fingerprint density at radius 2 is 1.85 bits per heavy atom. The fourth-order valence-corrected chi connectivity index (χ4v) is 3.54. The molecular formula is C18H22N2O6S. The lowest BCUT2D eigenvalue weighted by Gasteiger charge is -2.26. The highest BCUT2D eigenvalue weighted by Gasteiger charge is 2.30. The number of hydrogen-bond donors (Lipinski definition) is 2. The Hall–Kier alpha value is -2.68. The number of carbonyl (C=O) groups is 3. The smallest absolute Gasteiger partial charge is 0.339 e. The number of amides is 2. The summed E-state index contributed by atoms with van der Waals surface area (Å²) in [6, 6.07) is 5.37. The summed E-state index contributed by atoms with van der Waals surface area (Å²) in [7, 11) is -1.33. The number of rotatable bonds is 7. The second kappa shape index (κ2) is 9.31. The molecule has 9 heteroatoms. The van der Waals surface area contributed by atoms with Crippen LogP contribution in [-0.2, 0) is 25.1 Å². The lowest BCUT2D eigenvalue weighted by atomic mass is 10.0. The molecule has 1 aliphatic rings. The monoisotopic (exact) mass is 394 g/mol. The molecule has 27 heavy (non-hydrogen) atoms. The van der Waals surface area contributed by atoms with Gasteiger partial charge in [0.2, 0.25) is 0 Å². The highest BCUT2D eigenvalue weighted by Crippen LogP contribution is 2.18. The molecule has 0 bridgehead atoms. The molecule has 0 saturated heterocycles. The predicted molar refractivity (Wildman–Crippen MR) is 98.5 cm³/mol. The number of nitrogens with one attached hydrogen (secondary N) is 2. The zero-order valence-electron chi connectivity index (χ0n) is 15.4. The fraction of sp³-hybridized carbons (Fsp3) is 0.389. The van der Waals surface area contributed by atoms with E-state index < -0.39 is 34.8 Å². The van der Waals surface area contributed by atoms with Gasteiger partial charge in [0.1, 0.15) is 6.61 Å². The summed E-state index contributed by atoms with van der Waals surface area (Å²) in [5, 5.41) is 5.04. The van der Waals surface area contributed by atoms with E-state index >= 15 is 0 Å². The summed E-state index contributed by atoms with van der Waals surface area (Å²) in [4.78, 5) is 36.7. The molecule has 0 fully saturated rings. The van der Waals surface area contributed by atoms with E-state index in [1.165, 1.54) is 6.07 Å². The van der Waals surface area contributed by atoms with Gasteiger partial charge >= 0.3 is 18.0 Å². The minimum Gasteiger partial charge on any atom is -0.463 e. The molecule has 0 aromatic heterocycles. The number of ether oxygens (including phenoxy) is 2. The summed E-state index contributed by atoms with van der Waals surface area (Å²) in [6.45, 7) is 4.90. The van der Waals surface area contributed by atoms with Crippen LogP contribution in [0.5, 0.6) is 0 Å². The normalized spacial score (nSPS) is 17.6. The summed E-state index contributed by atoms with van der Waals surface area (Å²) in [5.74, 6) is -0.929. The first-order valence-electron chi connectivity index (χ1n) is 8.51. The molecule has 1 aliphatic heterocycles. The Bertz CT molecular complexity index is 805. The predicted octanol–water partition coefficient (Wildman–Crippen LogP) is 1.49. The number of urea groups is 1. The number of hydrogen-bond acceptors (Lipinski definition) is 6. The van der Waals surface area contributed by atoms with Crippen molar-refractivity contribution in [3.05, 3.63) is 41.1 Å². The molecule has 1 heterocycles. The molecule has 2 atom stereocenters. The van der Waals surface area contributed by atoms with Crippen LogP contribution in [0.3, 0.4) is 0 Å². The van der Waals surface area contributed by atoms with E-state index in [1.54, 1.807) is 39.0 Å². The van der Waals surface area contributed by atoms with Crippen molar-refractivity contribution < 1.29 is 28.1 Å². The van der Waals surface area contributed by atoms with Gasteiger partial charge in [-0.25, -0.2) is 14.4 Å². The van der Waals surface area contributed by atoms with Crippen LogP contribution in [0, 0.1) is 0 Å². The van der Waals surface area contributed by atoms with Crippen LogP contribution in [0.4, 0.5) is 4.79 Å². The zero-order chi connectivity index (χ0) is 20.0. The van der Waals surface area contributed by atoms with E-state index in [0.717, 1.165) is 0 Å². The molecule has 0 unspecified atom stereocenters. The summed E-state index contributed by atoms with van der Waals surface area (Å²) >= 11 is 0. The molecule has 8 nitrogen and oxygen atoms in total. The average Bonchev–Trinajstić information content (AvgIpc) is 2.65. The van der Waals surface area contributed by atoms with Crippen molar-refractivity contribution in [3.8, 4) is 0 Å². The quantitative estimate of drug-likeness (QED) is 0.678. The molecule has 2 N–H and O–H groups in total. The molecule has 0 saturated carbocycles. The van der Waals surface area contributed by atoms with E-state index in [2.05, 4.69) is 10.6 Å². The van der Waals surface area contributed by atoms with Crippen molar-refractivity contribution >= 4 is 28.8 Å². The third-order valence-electron chi connectivity index (χ3n) is 3.83. The van der Waals surface area contributed by atoms with Crippen LogP contribution in [-0.4, -0.2) is 47.2 Å². The number of esters is 2. The molecule has 0 aliphatic carbocycles. The third-order valence-corrected chi connectivity index (χ3v) is 5.20. The fourth-order valence-electron chi connectivity index (χ4n) is 2.60. The Balaban J connectivity index is 2.24. The minimum absolute atomic E-state index is 0.159. The van der Waals surface area contributed by atoms with Crippen LogP contribution < -0.4 is 10.6 Å². The van der Waals surface area contributed by atoms with Gasteiger partial charge in [-0.1, -0.05) is 19.1 Å². The van der Waals surface area contributed by atoms with Gasteiger partial charge in [0, 0.05) is 5.75 Å². The van der Waals surface area contributed by atoms with Crippen molar-refractivity contribution in [1.29, 1.82) is 0 Å². The lowest BCUT2D eigenvalue weighted by molar-refractivity contribution is -0.139. The van der Waals surface area contributed by atoms with Crippen LogP contribution in [0.1, 0.15) is 31.1 Å². The average molecular weight is 394 g/mol. The zero-order valence-corrected chi connectivity index (χ0v) is 16.2. The summed E-state index contributed by atoms with van der Waals surface area (Å²) < 4.78 is 22.4. The van der Waals surface area contributed by atoms with Gasteiger partial charge in [-0.3, -0.25) is 4.21 Å². The van der Waals surface area contributed by atoms with E-state index in [4.69, 9.17) is 9.47 Å². The van der Waals surface area contributed by atoms with E-state index in [9.17, 15) is 18.6 Å². The van der Waals surface area contributed by atoms with E-state index in [1.807, 2.05) is 0 Å². The first-order chi connectivity index (χ1) is 12.9. The first-order valence-corrected chi connectivity index (χ1v) is 9.83. The Morgan fingerprint density at radius 3 is 2.52 bits per heavy atom. The van der Waals surface area contributed by atoms with Gasteiger partial charge < -0.3 is 20.1 Å². The molecule has 2 amide bonds. The minimum atomic E-state index is -1.33. The van der Waals surface area contributed by atoms with Crippen LogP contribution in [0.25, 0.3) is 0 Å². The van der Waals surface area contributed by atoms with Crippen molar-refractivity contribution in [3.63, 3.8) is 0 Å². The van der Waals surface area contributed by atoms with Crippen molar-refractivity contribution in [2.24, 2.45) is 0 Å². The third kappa shape index (κ3) is 4.94. The van der Waals surface area contributed by atoms with Gasteiger partial charge in [0.05, 0.1) is 45.2 Å². The number of benzene rings is 1. The highest BCUT2D eigenvalue weighted by molar-refractivity contribution is 7.85. The Kier molecular flexibility index (Phi) is 7.12. The van der Waals surface area contributed by atoms with Crippen molar-refractivity contribution in [2.75, 3.05) is 19.0 Å². The molecule has 1 aromatic carbocycles. The molecule has 2 rings (SSSR count). The SMILES string of the molecule is CCOC(=O)C1=C(COC(=O)c2ccccc2[S@@](=O)CC)NC(=O)N[C@@H]1C. The van der Waals surface area contributed by atoms with Gasteiger partial charge in [0.25, 0.3) is 0 Å². The Labute approximate surface area is 159 Å².